The van der Waals surface area contributed by atoms with E-state index in [1.54, 1.807) is 0 Å². The lowest BCUT2D eigenvalue weighted by atomic mass is 9.80. The third-order valence-electron chi connectivity index (χ3n) is 6.01. The molecule has 0 bridgehead atoms. The summed E-state index contributed by atoms with van der Waals surface area (Å²) in [6.45, 7) is 4.47. The number of carbonyl (C=O) groups excluding carboxylic acids is 2. The Morgan fingerprint density at radius 2 is 1.92 bits per heavy atom. The first kappa shape index (κ1) is 18.0. The monoisotopic (exact) mass is 342 g/mol. The molecule has 2 amide bonds. The van der Waals surface area contributed by atoms with Gasteiger partial charge < -0.3 is 10.2 Å². The predicted molar refractivity (Wildman–Crippen MR) is 99.0 cm³/mol. The predicted octanol–water partition coefficient (Wildman–Crippen LogP) is 3.16. The van der Waals surface area contributed by atoms with Crippen molar-refractivity contribution in [2.24, 2.45) is 11.8 Å². The van der Waals surface area contributed by atoms with E-state index in [-0.39, 0.29) is 23.9 Å². The molecule has 1 saturated heterocycles. The van der Waals surface area contributed by atoms with Crippen LogP contribution < -0.4 is 5.32 Å². The second-order valence-corrected chi connectivity index (χ2v) is 7.80. The Labute approximate surface area is 151 Å². The van der Waals surface area contributed by atoms with Crippen LogP contribution in [0.1, 0.15) is 51.5 Å². The van der Waals surface area contributed by atoms with E-state index in [4.69, 9.17) is 0 Å². The molecule has 3 rings (SSSR count). The molecule has 136 valence electrons. The molecule has 0 radical (unpaired) electrons. The number of amides is 2. The molecule has 2 fully saturated rings. The van der Waals surface area contributed by atoms with Crippen molar-refractivity contribution in [1.29, 1.82) is 0 Å². The topological polar surface area (TPSA) is 49.4 Å². The van der Waals surface area contributed by atoms with Crippen molar-refractivity contribution >= 4 is 11.8 Å². The van der Waals surface area contributed by atoms with Crippen LogP contribution in [0.4, 0.5) is 0 Å². The lowest BCUT2D eigenvalue weighted by Gasteiger charge is -2.33. The lowest BCUT2D eigenvalue weighted by Crippen LogP contribution is -2.50. The smallest absolute Gasteiger partial charge is 0.245 e. The van der Waals surface area contributed by atoms with E-state index in [0.717, 1.165) is 25.8 Å². The summed E-state index contributed by atoms with van der Waals surface area (Å²) in [6, 6.07) is 10.4. The van der Waals surface area contributed by atoms with Crippen LogP contribution in [-0.4, -0.2) is 35.3 Å². The molecule has 1 aromatic rings. The van der Waals surface area contributed by atoms with Crippen LogP contribution >= 0.6 is 0 Å². The lowest BCUT2D eigenvalue weighted by molar-refractivity contribution is -0.137. The minimum absolute atomic E-state index is 0.106. The number of nitrogens with zero attached hydrogens (tertiary/aromatic N) is 1. The Hall–Kier alpha value is -1.84. The van der Waals surface area contributed by atoms with E-state index in [9.17, 15) is 9.59 Å². The van der Waals surface area contributed by atoms with E-state index in [1.165, 1.54) is 31.7 Å². The van der Waals surface area contributed by atoms with Crippen molar-refractivity contribution in [1.82, 2.24) is 10.2 Å². The van der Waals surface area contributed by atoms with Gasteiger partial charge in [-0.15, -0.1) is 0 Å². The van der Waals surface area contributed by atoms with E-state index in [0.29, 0.717) is 11.8 Å². The molecule has 2 aliphatic rings. The van der Waals surface area contributed by atoms with Gasteiger partial charge >= 0.3 is 0 Å². The third kappa shape index (κ3) is 4.42. The molecule has 1 aromatic carbocycles. The number of carbonyl (C=O) groups is 2. The number of nitrogens with one attached hydrogen (secondary N) is 1. The van der Waals surface area contributed by atoms with E-state index < -0.39 is 0 Å². The first-order valence-electron chi connectivity index (χ1n) is 9.66. The van der Waals surface area contributed by atoms with Gasteiger partial charge in [0.2, 0.25) is 11.8 Å². The summed E-state index contributed by atoms with van der Waals surface area (Å²) in [5.74, 6) is 1.10. The number of hydrogen-bond acceptors (Lipinski definition) is 2. The molecule has 1 aliphatic carbocycles. The summed E-state index contributed by atoms with van der Waals surface area (Å²) in [5, 5.41) is 2.91. The Kier molecular flexibility index (Phi) is 5.77. The fourth-order valence-electron chi connectivity index (χ4n) is 4.23. The van der Waals surface area contributed by atoms with E-state index in [1.807, 2.05) is 11.0 Å². The highest BCUT2D eigenvalue weighted by atomic mass is 16.2. The minimum Gasteiger partial charge on any atom is -0.345 e. The van der Waals surface area contributed by atoms with Crippen molar-refractivity contribution in [3.05, 3.63) is 35.9 Å². The molecule has 2 unspecified atom stereocenters. The first-order chi connectivity index (χ1) is 12.0. The molecule has 1 saturated carbocycles. The van der Waals surface area contributed by atoms with Gasteiger partial charge in [-0.3, -0.25) is 9.59 Å². The quantitative estimate of drug-likeness (QED) is 0.863. The fraction of sp³-hybridized carbons (Fsp3) is 0.619. The van der Waals surface area contributed by atoms with Crippen LogP contribution in [0, 0.1) is 11.8 Å². The zero-order valence-corrected chi connectivity index (χ0v) is 15.4. The number of likely N-dealkylation sites (tertiary alicyclic amines) is 1. The van der Waals surface area contributed by atoms with Crippen LogP contribution in [-0.2, 0) is 16.0 Å². The summed E-state index contributed by atoms with van der Waals surface area (Å²) in [5.41, 5.74) is 1.33. The Balaban J connectivity index is 1.62. The zero-order chi connectivity index (χ0) is 17.8. The molecule has 4 nitrogen and oxygen atoms in total. The van der Waals surface area contributed by atoms with Gasteiger partial charge in [-0.05, 0) is 43.6 Å². The average Bonchev–Trinajstić information content (AvgIpc) is 2.90. The van der Waals surface area contributed by atoms with Gasteiger partial charge in [-0.1, -0.05) is 49.6 Å². The van der Waals surface area contributed by atoms with Crippen LogP contribution in [0.25, 0.3) is 0 Å². The van der Waals surface area contributed by atoms with Crippen molar-refractivity contribution in [2.45, 2.75) is 64.5 Å². The van der Waals surface area contributed by atoms with Gasteiger partial charge in [0.1, 0.15) is 6.04 Å². The van der Waals surface area contributed by atoms with Crippen LogP contribution in [0.5, 0.6) is 0 Å². The maximum absolute atomic E-state index is 13.1. The SMILES string of the molecule is CC(=O)N[C@H](CC1CCC1)C(=O)N1CCC(Cc2ccccc2)C1C. The standard InChI is InChI=1S/C21H30N2O2/c1-15-19(13-17-7-4-3-5-8-17)11-12-23(15)21(25)20(22-16(2)24)14-18-9-6-10-18/h3-5,7-8,15,18-20H,6,9-14H2,1-2H3,(H,22,24)/t15?,19?,20-/m1/s1. The summed E-state index contributed by atoms with van der Waals surface area (Å²) < 4.78 is 0. The van der Waals surface area contributed by atoms with E-state index in [2.05, 4.69) is 36.5 Å². The van der Waals surface area contributed by atoms with Gasteiger partial charge in [0.15, 0.2) is 0 Å². The maximum Gasteiger partial charge on any atom is 0.245 e. The molecular weight excluding hydrogens is 312 g/mol. The average molecular weight is 342 g/mol. The van der Waals surface area contributed by atoms with Gasteiger partial charge in [0.05, 0.1) is 0 Å². The normalized spacial score (nSPS) is 24.6. The van der Waals surface area contributed by atoms with E-state index >= 15 is 0 Å². The summed E-state index contributed by atoms with van der Waals surface area (Å²) in [6.07, 6.45) is 6.48. The first-order valence-corrected chi connectivity index (χ1v) is 9.66. The highest BCUT2D eigenvalue weighted by molar-refractivity contribution is 5.87. The maximum atomic E-state index is 13.1. The largest absolute Gasteiger partial charge is 0.345 e. The minimum atomic E-state index is -0.347. The van der Waals surface area contributed by atoms with Gasteiger partial charge in [-0.2, -0.15) is 0 Å². The zero-order valence-electron chi connectivity index (χ0n) is 15.4. The van der Waals surface area contributed by atoms with Crippen LogP contribution in [0.2, 0.25) is 0 Å². The number of rotatable bonds is 6. The molecule has 3 atom stereocenters. The molecule has 25 heavy (non-hydrogen) atoms. The molecule has 1 aliphatic heterocycles. The van der Waals surface area contributed by atoms with Crippen molar-refractivity contribution in [3.8, 4) is 0 Å². The van der Waals surface area contributed by atoms with Crippen molar-refractivity contribution in [3.63, 3.8) is 0 Å². The highest BCUT2D eigenvalue weighted by Gasteiger charge is 2.38. The summed E-state index contributed by atoms with van der Waals surface area (Å²) in [7, 11) is 0. The molecule has 1 heterocycles. The van der Waals surface area contributed by atoms with Gasteiger partial charge in [-0.25, -0.2) is 0 Å². The number of hydrogen-bond donors (Lipinski definition) is 1. The van der Waals surface area contributed by atoms with Gasteiger partial charge in [0.25, 0.3) is 0 Å². The molecular formula is C21H30N2O2. The fourth-order valence-corrected chi connectivity index (χ4v) is 4.23. The van der Waals surface area contributed by atoms with Crippen molar-refractivity contribution in [2.75, 3.05) is 6.54 Å². The number of benzene rings is 1. The Morgan fingerprint density at radius 3 is 2.52 bits per heavy atom. The van der Waals surface area contributed by atoms with Crippen LogP contribution in [0.15, 0.2) is 30.3 Å². The second kappa shape index (κ2) is 8.03. The second-order valence-electron chi connectivity index (χ2n) is 7.80. The summed E-state index contributed by atoms with van der Waals surface area (Å²) >= 11 is 0. The summed E-state index contributed by atoms with van der Waals surface area (Å²) in [4.78, 5) is 26.6. The molecule has 0 spiro atoms. The van der Waals surface area contributed by atoms with Crippen LogP contribution in [0.3, 0.4) is 0 Å². The van der Waals surface area contributed by atoms with Gasteiger partial charge in [0, 0.05) is 19.5 Å². The Morgan fingerprint density at radius 1 is 1.20 bits per heavy atom. The third-order valence-corrected chi connectivity index (χ3v) is 6.01. The molecule has 4 heteroatoms. The molecule has 0 aromatic heterocycles. The van der Waals surface area contributed by atoms with Crippen molar-refractivity contribution < 1.29 is 9.59 Å². The molecule has 1 N–H and O–H groups in total. The Bertz CT molecular complexity index is 597. The highest BCUT2D eigenvalue weighted by Crippen LogP contribution is 2.33.